The van der Waals surface area contributed by atoms with Gasteiger partial charge in [-0.1, -0.05) is 18.2 Å². The quantitative estimate of drug-likeness (QED) is 0.572. The number of para-hydroxylation sites is 1. The van der Waals surface area contributed by atoms with Gasteiger partial charge < -0.3 is 4.98 Å². The number of aromatic amines is 1. The molecule has 122 valence electrons. The highest BCUT2D eigenvalue weighted by atomic mass is 16.6. The molecule has 0 amide bonds. The zero-order valence-electron chi connectivity index (χ0n) is 13.0. The van der Waals surface area contributed by atoms with Crippen LogP contribution in [0, 0.1) is 10.1 Å². The van der Waals surface area contributed by atoms with Gasteiger partial charge in [0.15, 0.2) is 11.2 Å². The zero-order valence-corrected chi connectivity index (χ0v) is 13.0. The highest BCUT2D eigenvalue weighted by molar-refractivity contribution is 6.03. The standard InChI is InChI=1S/C19H12N2O4/c22-18-7-3-5-15-13(18)10-14-16(20-15)9-8-12(19(14)23)11-4-1-2-6-17(11)21(24)25/h1-6,8-10,20H,7H2. The predicted molar refractivity (Wildman–Crippen MR) is 93.8 cm³/mol. The summed E-state index contributed by atoms with van der Waals surface area (Å²) >= 11 is 0. The topological polar surface area (TPSA) is 93.1 Å². The fraction of sp³-hybridized carbons (Fsp3) is 0.0526. The van der Waals surface area contributed by atoms with E-state index in [1.165, 1.54) is 6.07 Å². The van der Waals surface area contributed by atoms with Crippen LogP contribution >= 0.6 is 0 Å². The van der Waals surface area contributed by atoms with Crippen molar-refractivity contribution in [2.75, 3.05) is 0 Å². The highest BCUT2D eigenvalue weighted by Crippen LogP contribution is 2.31. The van der Waals surface area contributed by atoms with Gasteiger partial charge in [0, 0.05) is 40.6 Å². The first-order chi connectivity index (χ1) is 12.1. The fourth-order valence-corrected chi connectivity index (χ4v) is 3.11. The number of nitrogens with one attached hydrogen (secondary N) is 1. The normalized spacial score (nSPS) is 13.0. The van der Waals surface area contributed by atoms with Crippen LogP contribution in [0.5, 0.6) is 0 Å². The number of carbonyl (C=O) groups excluding carboxylic acids is 1. The second kappa shape index (κ2) is 5.52. The van der Waals surface area contributed by atoms with E-state index < -0.39 is 4.92 Å². The molecule has 1 aromatic rings. The van der Waals surface area contributed by atoms with Crippen molar-refractivity contribution in [3.8, 4) is 22.4 Å². The molecule has 1 aliphatic heterocycles. The van der Waals surface area contributed by atoms with Crippen molar-refractivity contribution >= 4 is 17.5 Å². The van der Waals surface area contributed by atoms with Gasteiger partial charge in [0.05, 0.1) is 10.5 Å². The minimum Gasteiger partial charge on any atom is -0.354 e. The number of carbonyl (C=O) groups is 1. The zero-order chi connectivity index (χ0) is 17.6. The van der Waals surface area contributed by atoms with E-state index in [1.807, 2.05) is 6.08 Å². The molecule has 1 N–H and O–H groups in total. The van der Waals surface area contributed by atoms with Crippen molar-refractivity contribution in [1.82, 2.24) is 4.98 Å². The number of H-pyrrole nitrogens is 1. The molecule has 0 unspecified atom stereocenters. The van der Waals surface area contributed by atoms with Crippen LogP contribution in [0.3, 0.4) is 0 Å². The van der Waals surface area contributed by atoms with Crippen molar-refractivity contribution in [3.05, 3.63) is 80.1 Å². The van der Waals surface area contributed by atoms with Crippen molar-refractivity contribution in [2.45, 2.75) is 6.42 Å². The van der Waals surface area contributed by atoms with Crippen LogP contribution in [0.2, 0.25) is 0 Å². The highest BCUT2D eigenvalue weighted by Gasteiger charge is 2.22. The van der Waals surface area contributed by atoms with E-state index >= 15 is 0 Å². The first-order valence-electron chi connectivity index (χ1n) is 7.70. The molecule has 1 aromatic carbocycles. The summed E-state index contributed by atoms with van der Waals surface area (Å²) < 4.78 is 0. The van der Waals surface area contributed by atoms with Crippen LogP contribution in [-0.2, 0) is 0 Å². The Morgan fingerprint density at radius 3 is 2.56 bits per heavy atom. The first-order valence-corrected chi connectivity index (χ1v) is 7.70. The number of rotatable bonds is 2. The molecule has 6 nitrogen and oxygen atoms in total. The van der Waals surface area contributed by atoms with Crippen molar-refractivity contribution in [2.24, 2.45) is 0 Å². The largest absolute Gasteiger partial charge is 0.354 e. The molecule has 0 bridgehead atoms. The predicted octanol–water partition coefficient (Wildman–Crippen LogP) is 3.65. The van der Waals surface area contributed by atoms with Crippen molar-refractivity contribution in [1.29, 1.82) is 0 Å². The number of nitrogens with zero attached hydrogens (tertiary/aromatic N) is 1. The number of nitro groups is 1. The average Bonchev–Trinajstić information content (AvgIpc) is 2.61. The minimum atomic E-state index is -0.508. The monoisotopic (exact) mass is 332 g/mol. The van der Waals surface area contributed by atoms with Crippen LogP contribution in [0.15, 0.2) is 53.3 Å². The Bertz CT molecular complexity index is 1090. The summed E-state index contributed by atoms with van der Waals surface area (Å²) in [5.41, 5.74) is 2.11. The third-order valence-electron chi connectivity index (χ3n) is 4.32. The molecule has 0 fully saturated rings. The maximum atomic E-state index is 12.9. The van der Waals surface area contributed by atoms with E-state index in [2.05, 4.69) is 4.98 Å². The third kappa shape index (κ3) is 2.35. The van der Waals surface area contributed by atoms with E-state index in [9.17, 15) is 19.7 Å². The summed E-state index contributed by atoms with van der Waals surface area (Å²) in [7, 11) is 0. The maximum absolute atomic E-state index is 12.9. The van der Waals surface area contributed by atoms with Gasteiger partial charge in [-0.3, -0.25) is 19.7 Å². The van der Waals surface area contributed by atoms with Gasteiger partial charge in [-0.15, -0.1) is 0 Å². The molecule has 6 heteroatoms. The molecule has 0 saturated carbocycles. The molecule has 25 heavy (non-hydrogen) atoms. The molecule has 0 radical (unpaired) electrons. The molecule has 1 heterocycles. The number of fused-ring (bicyclic) bond motifs is 2. The van der Waals surface area contributed by atoms with Crippen LogP contribution in [0.25, 0.3) is 28.5 Å². The summed E-state index contributed by atoms with van der Waals surface area (Å²) in [5.74, 6) is -0.0638. The SMILES string of the molecule is O=C1CC=Cc2[nH]c3ccc(-c4ccccc4[N+](=O)[O-])c(=O)c-3cc21. The number of pyridine rings is 1. The Labute approximate surface area is 141 Å². The Kier molecular flexibility index (Phi) is 3.32. The lowest BCUT2D eigenvalue weighted by molar-refractivity contribution is -0.384. The number of Topliss-reactive ketones (excluding diaryl/α,β-unsaturated/α-hetero) is 1. The summed E-state index contributed by atoms with van der Waals surface area (Å²) in [6.45, 7) is 0. The van der Waals surface area contributed by atoms with E-state index in [0.717, 1.165) is 0 Å². The van der Waals surface area contributed by atoms with Crippen LogP contribution < -0.4 is 5.43 Å². The fourth-order valence-electron chi connectivity index (χ4n) is 3.11. The van der Waals surface area contributed by atoms with Gasteiger partial charge >= 0.3 is 0 Å². The first kappa shape index (κ1) is 15.0. The van der Waals surface area contributed by atoms with E-state index in [0.29, 0.717) is 28.9 Å². The van der Waals surface area contributed by atoms with Crippen LogP contribution in [-0.4, -0.2) is 15.7 Å². The smallest absolute Gasteiger partial charge is 0.277 e. The number of nitro benzene ring substituents is 1. The molecule has 3 aliphatic rings. The van der Waals surface area contributed by atoms with Gasteiger partial charge in [-0.05, 0) is 30.3 Å². The molecule has 0 saturated heterocycles. The van der Waals surface area contributed by atoms with Crippen molar-refractivity contribution < 1.29 is 9.72 Å². The third-order valence-corrected chi connectivity index (χ3v) is 4.32. The van der Waals surface area contributed by atoms with Gasteiger partial charge in [0.25, 0.3) is 5.69 Å². The number of ketones is 1. The summed E-state index contributed by atoms with van der Waals surface area (Å²) in [6, 6.07) is 11.0. The maximum Gasteiger partial charge on any atom is 0.277 e. The molecule has 0 aromatic heterocycles. The Morgan fingerprint density at radius 1 is 0.960 bits per heavy atom. The Balaban J connectivity index is 2.00. The molecule has 0 spiro atoms. The molecule has 4 rings (SSSR count). The number of hydrogen-bond donors (Lipinski definition) is 1. The number of aromatic nitrogens is 1. The van der Waals surface area contributed by atoms with Gasteiger partial charge in [0.2, 0.25) is 0 Å². The molecule has 2 aliphatic carbocycles. The molecule has 0 atom stereocenters. The lowest BCUT2D eigenvalue weighted by atomic mass is 9.93. The second-order valence-electron chi connectivity index (χ2n) is 5.80. The minimum absolute atomic E-state index is 0.0638. The van der Waals surface area contributed by atoms with Gasteiger partial charge in [-0.2, -0.15) is 0 Å². The average molecular weight is 332 g/mol. The van der Waals surface area contributed by atoms with Gasteiger partial charge in [0.1, 0.15) is 0 Å². The molecular formula is C19H12N2O4. The number of hydrogen-bond acceptors (Lipinski definition) is 4. The van der Waals surface area contributed by atoms with E-state index in [4.69, 9.17) is 0 Å². The van der Waals surface area contributed by atoms with Crippen molar-refractivity contribution in [3.63, 3.8) is 0 Å². The lowest BCUT2D eigenvalue weighted by Crippen LogP contribution is -2.15. The second-order valence-corrected chi connectivity index (χ2v) is 5.80. The number of allylic oxidation sites excluding steroid dienone is 1. The van der Waals surface area contributed by atoms with Gasteiger partial charge in [-0.25, -0.2) is 0 Å². The number of benzene rings is 2. The summed E-state index contributed by atoms with van der Waals surface area (Å²) in [6.07, 6.45) is 3.88. The summed E-state index contributed by atoms with van der Waals surface area (Å²) in [5, 5.41) is 11.2. The molecular weight excluding hydrogens is 320 g/mol. The van der Waals surface area contributed by atoms with E-state index in [1.54, 1.807) is 42.5 Å². The van der Waals surface area contributed by atoms with Crippen LogP contribution in [0.4, 0.5) is 5.69 Å². The lowest BCUT2D eigenvalue weighted by Gasteiger charge is -2.15. The van der Waals surface area contributed by atoms with Crippen LogP contribution in [0.1, 0.15) is 22.5 Å². The Morgan fingerprint density at radius 2 is 1.76 bits per heavy atom. The Hall–Kier alpha value is -3.54. The van der Waals surface area contributed by atoms with E-state index in [-0.39, 0.29) is 28.0 Å². The summed E-state index contributed by atoms with van der Waals surface area (Å²) in [4.78, 5) is 38.8.